The van der Waals surface area contributed by atoms with E-state index >= 15 is 0 Å². The number of para-hydroxylation sites is 2. The van der Waals surface area contributed by atoms with E-state index in [4.69, 9.17) is 23.8 Å². The fraction of sp³-hybridized carbons (Fsp3) is 0. The first-order chi connectivity index (χ1) is 33.2. The normalized spacial score (nSPS) is 11.6. The molecule has 0 atom stereocenters. The number of furan rings is 2. The Morgan fingerprint density at radius 1 is 0.299 bits per heavy atom. The van der Waals surface area contributed by atoms with E-state index in [0.717, 1.165) is 99.5 Å². The lowest BCUT2D eigenvalue weighted by molar-refractivity contribution is 0.669. The van der Waals surface area contributed by atoms with E-state index in [1.54, 1.807) is 0 Å². The van der Waals surface area contributed by atoms with Gasteiger partial charge in [0.15, 0.2) is 17.5 Å². The van der Waals surface area contributed by atoms with Gasteiger partial charge < -0.3 is 13.7 Å². The van der Waals surface area contributed by atoms with Crippen LogP contribution in [0.3, 0.4) is 0 Å². The van der Waals surface area contributed by atoms with Gasteiger partial charge in [-0.2, -0.15) is 0 Å². The summed E-state index contributed by atoms with van der Waals surface area (Å²) in [6.07, 6.45) is 0. The Morgan fingerprint density at radius 3 is 1.69 bits per heavy atom. The summed E-state index contributed by atoms with van der Waals surface area (Å²) < 4.78 is 13.4. The summed E-state index contributed by atoms with van der Waals surface area (Å²) in [6, 6.07) is 79.9. The molecule has 6 heteroatoms. The van der Waals surface area contributed by atoms with Crippen LogP contribution in [0.5, 0.6) is 0 Å². The molecular formula is C61H38N4O2. The Labute approximate surface area is 385 Å². The van der Waals surface area contributed by atoms with Crippen LogP contribution in [0, 0.1) is 0 Å². The van der Waals surface area contributed by atoms with Gasteiger partial charge in [-0.05, 0) is 101 Å². The second-order valence-electron chi connectivity index (χ2n) is 16.7. The van der Waals surface area contributed by atoms with Gasteiger partial charge in [-0.1, -0.05) is 152 Å². The van der Waals surface area contributed by atoms with Crippen molar-refractivity contribution in [2.24, 2.45) is 0 Å². The molecule has 0 N–H and O–H groups in total. The van der Waals surface area contributed by atoms with Crippen molar-refractivity contribution in [1.29, 1.82) is 0 Å². The molecule has 0 aliphatic carbocycles. The van der Waals surface area contributed by atoms with E-state index in [9.17, 15) is 0 Å². The highest BCUT2D eigenvalue weighted by atomic mass is 16.3. The van der Waals surface area contributed by atoms with Crippen LogP contribution >= 0.6 is 0 Å². The topological polar surface area (TPSA) is 68.2 Å². The number of hydrogen-bond acceptors (Lipinski definition) is 6. The zero-order valence-corrected chi connectivity index (χ0v) is 36.0. The summed E-state index contributed by atoms with van der Waals surface area (Å²) in [4.78, 5) is 18.0. The van der Waals surface area contributed by atoms with Crippen molar-refractivity contribution in [3.63, 3.8) is 0 Å². The highest BCUT2D eigenvalue weighted by Gasteiger charge is 2.23. The number of rotatable bonds is 8. The molecule has 0 amide bonds. The zero-order valence-electron chi connectivity index (χ0n) is 36.0. The van der Waals surface area contributed by atoms with Gasteiger partial charge in [0.1, 0.15) is 22.3 Å². The van der Waals surface area contributed by atoms with Gasteiger partial charge in [-0.3, -0.25) is 0 Å². The maximum atomic E-state index is 7.15. The summed E-state index contributed by atoms with van der Waals surface area (Å²) in [5, 5.41) is 6.12. The summed E-state index contributed by atoms with van der Waals surface area (Å²) >= 11 is 0. The number of hydrogen-bond donors (Lipinski definition) is 0. The van der Waals surface area contributed by atoms with Gasteiger partial charge in [0.25, 0.3) is 0 Å². The lowest BCUT2D eigenvalue weighted by Gasteiger charge is -2.26. The monoisotopic (exact) mass is 858 g/mol. The Kier molecular flexibility index (Phi) is 9.06. The van der Waals surface area contributed by atoms with Crippen molar-refractivity contribution in [1.82, 2.24) is 15.0 Å². The third kappa shape index (κ3) is 6.70. The molecule has 0 bridgehead atoms. The quantitative estimate of drug-likeness (QED) is 0.152. The third-order valence-electron chi connectivity index (χ3n) is 12.7. The van der Waals surface area contributed by atoms with Crippen LogP contribution in [-0.2, 0) is 0 Å². The van der Waals surface area contributed by atoms with E-state index < -0.39 is 0 Å². The largest absolute Gasteiger partial charge is 0.456 e. The minimum atomic E-state index is 0.552. The van der Waals surface area contributed by atoms with E-state index in [1.807, 2.05) is 66.7 Å². The molecule has 0 aliphatic heterocycles. The molecule has 67 heavy (non-hydrogen) atoms. The van der Waals surface area contributed by atoms with E-state index in [1.165, 1.54) is 11.1 Å². The molecule has 10 aromatic carbocycles. The minimum Gasteiger partial charge on any atom is -0.456 e. The average molecular weight is 859 g/mol. The molecule has 314 valence electrons. The van der Waals surface area contributed by atoms with Gasteiger partial charge >= 0.3 is 0 Å². The average Bonchev–Trinajstić information content (AvgIpc) is 3.99. The fourth-order valence-corrected chi connectivity index (χ4v) is 9.50. The molecule has 0 saturated carbocycles. The third-order valence-corrected chi connectivity index (χ3v) is 12.7. The first-order valence-electron chi connectivity index (χ1n) is 22.4. The predicted octanol–water partition coefficient (Wildman–Crippen LogP) is 16.6. The second-order valence-corrected chi connectivity index (χ2v) is 16.7. The van der Waals surface area contributed by atoms with Gasteiger partial charge in [0.05, 0.1) is 0 Å². The summed E-state index contributed by atoms with van der Waals surface area (Å²) in [5.74, 6) is 1.70. The summed E-state index contributed by atoms with van der Waals surface area (Å²) in [6.45, 7) is 0. The molecule has 0 spiro atoms. The standard InChI is InChI=1S/C61H38N4O2/c1-4-15-39(16-5-1)40-27-31-46(32-28-40)65(45-21-8-3-9-22-45)47-23-14-20-43(37-47)49-34-35-52(56-51-33-29-41-17-10-11-24-48(41)57(51)67-58(49)56)61-63-59(42-18-6-2-7-19-42)62-60(64-61)44-30-36-55-53(38-44)50-25-12-13-26-54(50)66-55/h1-38H. The Balaban J connectivity index is 1.01. The highest BCUT2D eigenvalue weighted by Crippen LogP contribution is 2.45. The Morgan fingerprint density at radius 2 is 0.881 bits per heavy atom. The number of fused-ring (bicyclic) bond motifs is 8. The van der Waals surface area contributed by atoms with Crippen LogP contribution in [0.15, 0.2) is 239 Å². The molecular weight excluding hydrogens is 821 g/mol. The molecule has 13 rings (SSSR count). The highest BCUT2D eigenvalue weighted by molar-refractivity contribution is 6.21. The number of aromatic nitrogens is 3. The minimum absolute atomic E-state index is 0.552. The molecule has 0 aliphatic rings. The number of benzene rings is 10. The lowest BCUT2D eigenvalue weighted by atomic mass is 9.96. The molecule has 3 aromatic heterocycles. The van der Waals surface area contributed by atoms with Crippen LogP contribution < -0.4 is 4.90 Å². The van der Waals surface area contributed by atoms with E-state index in [2.05, 4.69) is 169 Å². The number of anilines is 3. The van der Waals surface area contributed by atoms with Gasteiger partial charge in [-0.15, -0.1) is 0 Å². The molecule has 3 heterocycles. The summed E-state index contributed by atoms with van der Waals surface area (Å²) in [5.41, 5.74) is 13.3. The fourth-order valence-electron chi connectivity index (χ4n) is 9.50. The second kappa shape index (κ2) is 15.8. The smallest absolute Gasteiger partial charge is 0.164 e. The Bertz CT molecular complexity index is 3980. The molecule has 0 saturated heterocycles. The van der Waals surface area contributed by atoms with E-state index in [0.29, 0.717) is 17.5 Å². The zero-order chi connectivity index (χ0) is 44.3. The van der Waals surface area contributed by atoms with Crippen LogP contribution in [0.2, 0.25) is 0 Å². The SMILES string of the molecule is c1ccc(-c2ccc(N(c3ccccc3)c3cccc(-c4ccc(-c5nc(-c6ccccc6)nc(-c6ccc7oc8ccccc8c7c6)n5)c5c4oc4c6ccccc6ccc45)c3)cc2)cc1. The van der Waals surface area contributed by atoms with Gasteiger partial charge in [0, 0.05) is 66.2 Å². The molecule has 6 nitrogen and oxygen atoms in total. The number of nitrogens with zero attached hydrogens (tertiary/aromatic N) is 4. The van der Waals surface area contributed by atoms with Crippen molar-refractivity contribution in [2.45, 2.75) is 0 Å². The van der Waals surface area contributed by atoms with Crippen molar-refractivity contribution >= 4 is 71.7 Å². The maximum absolute atomic E-state index is 7.15. The summed E-state index contributed by atoms with van der Waals surface area (Å²) in [7, 11) is 0. The van der Waals surface area contributed by atoms with Crippen LogP contribution in [0.25, 0.3) is 111 Å². The molecule has 13 aromatic rings. The van der Waals surface area contributed by atoms with E-state index in [-0.39, 0.29) is 0 Å². The van der Waals surface area contributed by atoms with Crippen molar-refractivity contribution < 1.29 is 8.83 Å². The van der Waals surface area contributed by atoms with Gasteiger partial charge in [0.2, 0.25) is 0 Å². The van der Waals surface area contributed by atoms with Gasteiger partial charge in [-0.25, -0.2) is 15.0 Å². The molecule has 0 radical (unpaired) electrons. The Hall–Kier alpha value is -9.13. The van der Waals surface area contributed by atoms with Crippen molar-refractivity contribution in [2.75, 3.05) is 4.90 Å². The lowest BCUT2D eigenvalue weighted by Crippen LogP contribution is -2.09. The van der Waals surface area contributed by atoms with Crippen molar-refractivity contribution in [3.8, 4) is 56.4 Å². The predicted molar refractivity (Wildman–Crippen MR) is 274 cm³/mol. The molecule has 0 unspecified atom stereocenters. The maximum Gasteiger partial charge on any atom is 0.164 e. The first-order valence-corrected chi connectivity index (χ1v) is 22.4. The van der Waals surface area contributed by atoms with Crippen LogP contribution in [0.1, 0.15) is 0 Å². The first kappa shape index (κ1) is 38.3. The molecule has 0 fully saturated rings. The van der Waals surface area contributed by atoms with Crippen LogP contribution in [-0.4, -0.2) is 15.0 Å². The van der Waals surface area contributed by atoms with Crippen molar-refractivity contribution in [3.05, 3.63) is 231 Å². The van der Waals surface area contributed by atoms with Crippen LogP contribution in [0.4, 0.5) is 17.1 Å².